The molecule has 1 N–H and O–H groups in total. The maximum atomic E-state index is 5.38. The summed E-state index contributed by atoms with van der Waals surface area (Å²) >= 11 is 8.82. The molecule has 0 bridgehead atoms. The van der Waals surface area contributed by atoms with Crippen molar-refractivity contribution in [3.05, 3.63) is 63.3 Å². The quantitative estimate of drug-likeness (QED) is 0.684. The van der Waals surface area contributed by atoms with E-state index in [2.05, 4.69) is 39.1 Å². The van der Waals surface area contributed by atoms with Crippen LogP contribution in [-0.2, 0) is 0 Å². The fourth-order valence-corrected chi connectivity index (χ4v) is 2.62. The first kappa shape index (κ1) is 13.3. The number of aromatic nitrogens is 3. The van der Waals surface area contributed by atoms with E-state index >= 15 is 0 Å². The van der Waals surface area contributed by atoms with E-state index < -0.39 is 0 Å². The highest BCUT2D eigenvalue weighted by Crippen LogP contribution is 2.24. The largest absolute Gasteiger partial charge is 0.268 e. The van der Waals surface area contributed by atoms with E-state index in [0.717, 1.165) is 27.1 Å². The first-order chi connectivity index (χ1) is 9.66. The number of para-hydroxylation sites is 1. The van der Waals surface area contributed by atoms with Crippen molar-refractivity contribution in [3.63, 3.8) is 0 Å². The Balaban J connectivity index is 2.23. The number of rotatable bonds is 2. The van der Waals surface area contributed by atoms with E-state index in [9.17, 15) is 0 Å². The van der Waals surface area contributed by atoms with E-state index in [-0.39, 0.29) is 0 Å². The van der Waals surface area contributed by atoms with Gasteiger partial charge < -0.3 is 0 Å². The monoisotopic (exact) mass is 345 g/mol. The van der Waals surface area contributed by atoms with Crippen molar-refractivity contribution < 1.29 is 0 Å². The van der Waals surface area contributed by atoms with Crippen LogP contribution in [0.15, 0.2) is 53.0 Å². The molecule has 0 unspecified atom stereocenters. The van der Waals surface area contributed by atoms with Gasteiger partial charge in [-0.05, 0) is 42.9 Å². The van der Waals surface area contributed by atoms with Gasteiger partial charge in [-0.25, -0.2) is 0 Å². The summed E-state index contributed by atoms with van der Waals surface area (Å²) in [6.45, 7) is 2.06. The van der Waals surface area contributed by atoms with Crippen LogP contribution >= 0.6 is 28.1 Å². The molecule has 1 aromatic heterocycles. The standard InChI is InChI=1S/C15H12BrN3S/c1-10-4-2-3-5-13(10)19-14(17-18-15(19)20)11-6-8-12(16)9-7-11/h2-9H,1H3,(H,18,20). The molecule has 3 aromatic rings. The molecular weight excluding hydrogens is 334 g/mol. The number of nitrogens with zero attached hydrogens (tertiary/aromatic N) is 2. The fraction of sp³-hybridized carbons (Fsp3) is 0.0667. The van der Waals surface area contributed by atoms with Crippen LogP contribution in [-0.4, -0.2) is 14.8 Å². The van der Waals surface area contributed by atoms with Gasteiger partial charge in [0, 0.05) is 10.0 Å². The molecule has 0 radical (unpaired) electrons. The first-order valence-electron chi connectivity index (χ1n) is 6.16. The summed E-state index contributed by atoms with van der Waals surface area (Å²) < 4.78 is 3.60. The Morgan fingerprint density at radius 1 is 1.10 bits per heavy atom. The number of aryl methyl sites for hydroxylation is 1. The van der Waals surface area contributed by atoms with Gasteiger partial charge in [0.1, 0.15) is 0 Å². The Hall–Kier alpha value is -1.72. The SMILES string of the molecule is Cc1ccccc1-n1c(-c2ccc(Br)cc2)n[nH]c1=S. The van der Waals surface area contributed by atoms with Gasteiger partial charge in [-0.1, -0.05) is 46.3 Å². The molecule has 2 aromatic carbocycles. The van der Waals surface area contributed by atoms with E-state index in [1.165, 1.54) is 0 Å². The Labute approximate surface area is 130 Å². The number of benzene rings is 2. The molecule has 0 saturated carbocycles. The van der Waals surface area contributed by atoms with Crippen LogP contribution in [0.2, 0.25) is 0 Å². The lowest BCUT2D eigenvalue weighted by Gasteiger charge is -2.09. The molecule has 3 nitrogen and oxygen atoms in total. The van der Waals surface area contributed by atoms with Gasteiger partial charge in [0.2, 0.25) is 0 Å². The van der Waals surface area contributed by atoms with E-state index in [1.807, 2.05) is 47.0 Å². The Kier molecular flexibility index (Phi) is 3.54. The van der Waals surface area contributed by atoms with Crippen molar-refractivity contribution in [2.45, 2.75) is 6.92 Å². The highest BCUT2D eigenvalue weighted by atomic mass is 79.9. The van der Waals surface area contributed by atoms with Crippen LogP contribution < -0.4 is 0 Å². The Morgan fingerprint density at radius 2 is 1.80 bits per heavy atom. The molecule has 1 heterocycles. The second-order valence-corrected chi connectivity index (χ2v) is 5.78. The predicted molar refractivity (Wildman–Crippen MR) is 86.6 cm³/mol. The zero-order valence-electron chi connectivity index (χ0n) is 10.8. The molecule has 0 fully saturated rings. The van der Waals surface area contributed by atoms with Crippen LogP contribution in [0.3, 0.4) is 0 Å². The van der Waals surface area contributed by atoms with Gasteiger partial charge in [0.15, 0.2) is 10.6 Å². The lowest BCUT2D eigenvalue weighted by atomic mass is 10.1. The molecule has 0 saturated heterocycles. The normalized spacial score (nSPS) is 10.7. The zero-order chi connectivity index (χ0) is 14.1. The number of hydrogen-bond acceptors (Lipinski definition) is 2. The highest BCUT2D eigenvalue weighted by Gasteiger charge is 2.11. The number of aromatic amines is 1. The van der Waals surface area contributed by atoms with Crippen LogP contribution in [0.4, 0.5) is 0 Å². The second kappa shape index (κ2) is 5.34. The Morgan fingerprint density at radius 3 is 2.50 bits per heavy atom. The molecule has 100 valence electrons. The van der Waals surface area contributed by atoms with Gasteiger partial charge in [0.25, 0.3) is 0 Å². The van der Waals surface area contributed by atoms with Crippen molar-refractivity contribution in [1.82, 2.24) is 14.8 Å². The summed E-state index contributed by atoms with van der Waals surface area (Å²) in [5.41, 5.74) is 3.22. The summed E-state index contributed by atoms with van der Waals surface area (Å²) in [6.07, 6.45) is 0. The number of halogens is 1. The average molecular weight is 346 g/mol. The molecule has 0 spiro atoms. The molecule has 3 rings (SSSR count). The summed E-state index contributed by atoms with van der Waals surface area (Å²) in [4.78, 5) is 0. The number of H-pyrrole nitrogens is 1. The van der Waals surface area contributed by atoms with Crippen LogP contribution in [0.5, 0.6) is 0 Å². The lowest BCUT2D eigenvalue weighted by molar-refractivity contribution is 1.02. The summed E-state index contributed by atoms with van der Waals surface area (Å²) in [5.74, 6) is 0.816. The highest BCUT2D eigenvalue weighted by molar-refractivity contribution is 9.10. The van der Waals surface area contributed by atoms with Crippen LogP contribution in [0.1, 0.15) is 5.56 Å². The van der Waals surface area contributed by atoms with E-state index in [1.54, 1.807) is 0 Å². The molecule has 0 aliphatic carbocycles. The minimum Gasteiger partial charge on any atom is -0.268 e. The summed E-state index contributed by atoms with van der Waals surface area (Å²) in [6, 6.07) is 16.2. The molecule has 0 aliphatic rings. The van der Waals surface area contributed by atoms with E-state index in [0.29, 0.717) is 4.77 Å². The predicted octanol–water partition coefficient (Wildman–Crippen LogP) is 4.67. The fourth-order valence-electron chi connectivity index (χ4n) is 2.13. The maximum Gasteiger partial charge on any atom is 0.200 e. The van der Waals surface area contributed by atoms with Crippen molar-refractivity contribution in [3.8, 4) is 17.1 Å². The third-order valence-corrected chi connectivity index (χ3v) is 3.93. The smallest absolute Gasteiger partial charge is 0.200 e. The van der Waals surface area contributed by atoms with Crippen molar-refractivity contribution >= 4 is 28.1 Å². The van der Waals surface area contributed by atoms with Gasteiger partial charge in [-0.15, -0.1) is 0 Å². The van der Waals surface area contributed by atoms with Crippen molar-refractivity contribution in [2.24, 2.45) is 0 Å². The van der Waals surface area contributed by atoms with Crippen molar-refractivity contribution in [2.75, 3.05) is 0 Å². The molecule has 20 heavy (non-hydrogen) atoms. The second-order valence-electron chi connectivity index (χ2n) is 4.48. The van der Waals surface area contributed by atoms with Gasteiger partial charge in [-0.2, -0.15) is 5.10 Å². The van der Waals surface area contributed by atoms with Crippen molar-refractivity contribution in [1.29, 1.82) is 0 Å². The molecule has 0 amide bonds. The maximum absolute atomic E-state index is 5.38. The van der Waals surface area contributed by atoms with Gasteiger partial charge in [0.05, 0.1) is 5.69 Å². The average Bonchev–Trinajstić information content (AvgIpc) is 2.82. The molecule has 0 aliphatic heterocycles. The zero-order valence-corrected chi connectivity index (χ0v) is 13.2. The Bertz CT molecular complexity index is 802. The first-order valence-corrected chi connectivity index (χ1v) is 7.36. The molecule has 0 atom stereocenters. The van der Waals surface area contributed by atoms with Crippen LogP contribution in [0.25, 0.3) is 17.1 Å². The molecule has 5 heteroatoms. The topological polar surface area (TPSA) is 33.6 Å². The number of hydrogen-bond donors (Lipinski definition) is 1. The van der Waals surface area contributed by atoms with Crippen LogP contribution in [0, 0.1) is 11.7 Å². The lowest BCUT2D eigenvalue weighted by Crippen LogP contribution is -1.99. The molecular formula is C15H12BrN3S. The summed E-state index contributed by atoms with van der Waals surface area (Å²) in [5, 5.41) is 7.24. The summed E-state index contributed by atoms with van der Waals surface area (Å²) in [7, 11) is 0. The minimum absolute atomic E-state index is 0.595. The van der Waals surface area contributed by atoms with Gasteiger partial charge >= 0.3 is 0 Å². The van der Waals surface area contributed by atoms with Gasteiger partial charge in [-0.3, -0.25) is 9.67 Å². The third kappa shape index (κ3) is 2.34. The number of nitrogens with one attached hydrogen (secondary N) is 1. The third-order valence-electron chi connectivity index (χ3n) is 3.13. The minimum atomic E-state index is 0.595. The van der Waals surface area contributed by atoms with E-state index in [4.69, 9.17) is 12.2 Å².